The number of hydrogen-bond acceptors (Lipinski definition) is 2. The van der Waals surface area contributed by atoms with Crippen LogP contribution in [0.25, 0.3) is 0 Å². The van der Waals surface area contributed by atoms with Crippen molar-refractivity contribution in [1.29, 1.82) is 0 Å². The van der Waals surface area contributed by atoms with E-state index >= 15 is 0 Å². The Bertz CT molecular complexity index is 472. The fraction of sp³-hybridized carbons (Fsp3) is 0.500. The molecule has 1 saturated carbocycles. The highest BCUT2D eigenvalue weighted by Crippen LogP contribution is 2.43. The van der Waals surface area contributed by atoms with E-state index in [2.05, 4.69) is 15.9 Å². The summed E-state index contributed by atoms with van der Waals surface area (Å²) in [6.07, 6.45) is 2.87. The monoisotopic (exact) mass is 330 g/mol. The first-order chi connectivity index (χ1) is 9.01. The van der Waals surface area contributed by atoms with Gasteiger partial charge in [0.15, 0.2) is 0 Å². The largest absolute Gasteiger partial charge is 0.481 e. The Hall–Kier alpha value is -0.940. The highest BCUT2D eigenvalue weighted by molar-refractivity contribution is 9.10. The summed E-state index contributed by atoms with van der Waals surface area (Å²) in [5.41, 5.74) is 0.0288. The molecule has 1 aromatic rings. The molecule has 1 aliphatic carbocycles. The van der Waals surface area contributed by atoms with Crippen molar-refractivity contribution in [2.45, 2.75) is 37.7 Å². The zero-order valence-corrected chi connectivity index (χ0v) is 12.3. The molecule has 0 heterocycles. The molecule has 0 unspecified atom stereocenters. The molecule has 1 aromatic carbocycles. The number of benzene rings is 1. The number of carbonyl (C=O) groups is 1. The number of carboxylic acid groups (broad SMARTS) is 1. The fourth-order valence-electron chi connectivity index (χ4n) is 2.77. The van der Waals surface area contributed by atoms with Crippen LogP contribution in [-0.2, 0) is 21.6 Å². The molecule has 0 bridgehead atoms. The Kier molecular flexibility index (Phi) is 4.26. The van der Waals surface area contributed by atoms with Gasteiger partial charge < -0.3 is 9.84 Å². The van der Waals surface area contributed by atoms with Crippen LogP contribution in [0.15, 0.2) is 16.6 Å². The van der Waals surface area contributed by atoms with Crippen LogP contribution in [0.3, 0.4) is 0 Å². The minimum atomic E-state index is -0.936. The van der Waals surface area contributed by atoms with Crippen molar-refractivity contribution in [2.75, 3.05) is 7.11 Å². The van der Waals surface area contributed by atoms with Gasteiger partial charge in [0.25, 0.3) is 0 Å². The molecule has 1 fully saturated rings. The van der Waals surface area contributed by atoms with Gasteiger partial charge in [0.05, 0.1) is 12.0 Å². The fourth-order valence-corrected chi connectivity index (χ4v) is 3.32. The lowest BCUT2D eigenvalue weighted by molar-refractivity contribution is -0.143. The van der Waals surface area contributed by atoms with E-state index in [0.29, 0.717) is 28.4 Å². The van der Waals surface area contributed by atoms with Crippen LogP contribution in [0.1, 0.15) is 36.8 Å². The molecule has 104 valence electrons. The molecule has 5 heteroatoms. The molecule has 0 aromatic heterocycles. The Morgan fingerprint density at radius 1 is 1.47 bits per heavy atom. The summed E-state index contributed by atoms with van der Waals surface area (Å²) < 4.78 is 19.6. The zero-order chi connectivity index (χ0) is 14.0. The summed E-state index contributed by atoms with van der Waals surface area (Å²) in [6, 6.07) is 3.06. The van der Waals surface area contributed by atoms with Gasteiger partial charge in [-0.3, -0.25) is 4.79 Å². The van der Waals surface area contributed by atoms with E-state index in [1.54, 1.807) is 6.07 Å². The van der Waals surface area contributed by atoms with Crippen LogP contribution >= 0.6 is 15.9 Å². The molecular formula is C14H16BrFO3. The first-order valence-corrected chi connectivity index (χ1v) is 7.01. The van der Waals surface area contributed by atoms with Crippen molar-refractivity contribution in [2.24, 2.45) is 0 Å². The van der Waals surface area contributed by atoms with Crippen molar-refractivity contribution < 1.29 is 19.0 Å². The Balaban J connectivity index is 2.48. The average Bonchev–Trinajstić information content (AvgIpc) is 2.84. The van der Waals surface area contributed by atoms with Crippen LogP contribution in [0, 0.1) is 5.82 Å². The average molecular weight is 331 g/mol. The van der Waals surface area contributed by atoms with Crippen molar-refractivity contribution in [3.8, 4) is 0 Å². The standard InChI is InChI=1S/C14H16BrFO3/c1-19-8-10-11(15)6-9(7-12(10)16)14(13(17)18)4-2-3-5-14/h6-7H,2-5,8H2,1H3,(H,17,18). The second-order valence-electron chi connectivity index (χ2n) is 4.95. The van der Waals surface area contributed by atoms with E-state index in [-0.39, 0.29) is 6.61 Å². The SMILES string of the molecule is COCc1c(F)cc(C2(C(=O)O)CCCC2)cc1Br. The Morgan fingerprint density at radius 3 is 2.58 bits per heavy atom. The Labute approximate surface area is 119 Å². The number of hydrogen-bond donors (Lipinski definition) is 1. The van der Waals surface area contributed by atoms with Gasteiger partial charge in [0, 0.05) is 17.1 Å². The van der Waals surface area contributed by atoms with Crippen LogP contribution in [0.4, 0.5) is 4.39 Å². The predicted octanol–water partition coefficient (Wildman–Crippen LogP) is 3.63. The molecule has 0 atom stereocenters. The van der Waals surface area contributed by atoms with Gasteiger partial charge in [-0.1, -0.05) is 28.8 Å². The molecule has 0 aliphatic heterocycles. The summed E-state index contributed by atoms with van der Waals surface area (Å²) in [6.45, 7) is 0.159. The van der Waals surface area contributed by atoms with Gasteiger partial charge >= 0.3 is 5.97 Å². The maximum absolute atomic E-state index is 14.1. The van der Waals surface area contributed by atoms with Crippen molar-refractivity contribution >= 4 is 21.9 Å². The second kappa shape index (κ2) is 5.59. The lowest BCUT2D eigenvalue weighted by Gasteiger charge is -2.25. The van der Waals surface area contributed by atoms with Crippen LogP contribution in [-0.4, -0.2) is 18.2 Å². The van der Waals surface area contributed by atoms with E-state index in [1.165, 1.54) is 13.2 Å². The summed E-state index contributed by atoms with van der Waals surface area (Å²) in [5, 5.41) is 9.51. The topological polar surface area (TPSA) is 46.5 Å². The molecule has 0 radical (unpaired) electrons. The van der Waals surface area contributed by atoms with Crippen LogP contribution < -0.4 is 0 Å². The maximum atomic E-state index is 14.1. The van der Waals surface area contributed by atoms with E-state index in [9.17, 15) is 14.3 Å². The number of methoxy groups -OCH3 is 1. The van der Waals surface area contributed by atoms with Gasteiger partial charge in [-0.2, -0.15) is 0 Å². The molecule has 0 saturated heterocycles. The van der Waals surface area contributed by atoms with Gasteiger partial charge in [0.2, 0.25) is 0 Å². The Morgan fingerprint density at radius 2 is 2.11 bits per heavy atom. The molecule has 0 spiro atoms. The first kappa shape index (κ1) is 14.5. The summed E-state index contributed by atoms with van der Waals surface area (Å²) >= 11 is 3.31. The number of ether oxygens (including phenoxy) is 1. The molecule has 1 N–H and O–H groups in total. The third kappa shape index (κ3) is 2.54. The second-order valence-corrected chi connectivity index (χ2v) is 5.80. The van der Waals surface area contributed by atoms with E-state index in [0.717, 1.165) is 12.8 Å². The van der Waals surface area contributed by atoms with Gasteiger partial charge in [0.1, 0.15) is 5.82 Å². The molecule has 2 rings (SSSR count). The number of rotatable bonds is 4. The first-order valence-electron chi connectivity index (χ1n) is 6.22. The third-order valence-electron chi connectivity index (χ3n) is 3.85. The van der Waals surface area contributed by atoms with Crippen molar-refractivity contribution in [3.05, 3.63) is 33.5 Å². The third-order valence-corrected chi connectivity index (χ3v) is 4.56. The molecular weight excluding hydrogens is 315 g/mol. The predicted molar refractivity (Wildman–Crippen MR) is 72.6 cm³/mol. The molecule has 3 nitrogen and oxygen atoms in total. The number of carboxylic acids is 1. The molecule has 0 amide bonds. The van der Waals surface area contributed by atoms with E-state index < -0.39 is 17.2 Å². The van der Waals surface area contributed by atoms with E-state index in [4.69, 9.17) is 4.74 Å². The van der Waals surface area contributed by atoms with Crippen molar-refractivity contribution in [3.63, 3.8) is 0 Å². The lowest BCUT2D eigenvalue weighted by atomic mass is 9.78. The minimum absolute atomic E-state index is 0.159. The lowest BCUT2D eigenvalue weighted by Crippen LogP contribution is -2.32. The number of halogens is 2. The molecule has 19 heavy (non-hydrogen) atoms. The summed E-state index contributed by atoms with van der Waals surface area (Å²) in [5.74, 6) is -1.28. The summed E-state index contributed by atoms with van der Waals surface area (Å²) in [4.78, 5) is 11.6. The summed E-state index contributed by atoms with van der Waals surface area (Å²) in [7, 11) is 1.50. The number of aliphatic carboxylic acids is 1. The van der Waals surface area contributed by atoms with Gasteiger partial charge in [-0.25, -0.2) is 4.39 Å². The van der Waals surface area contributed by atoms with E-state index in [1.807, 2.05) is 0 Å². The highest BCUT2D eigenvalue weighted by Gasteiger charge is 2.43. The minimum Gasteiger partial charge on any atom is -0.481 e. The van der Waals surface area contributed by atoms with Gasteiger partial charge in [-0.05, 0) is 30.5 Å². The van der Waals surface area contributed by atoms with Gasteiger partial charge in [-0.15, -0.1) is 0 Å². The quantitative estimate of drug-likeness (QED) is 0.916. The highest BCUT2D eigenvalue weighted by atomic mass is 79.9. The smallest absolute Gasteiger partial charge is 0.314 e. The zero-order valence-electron chi connectivity index (χ0n) is 10.7. The molecule has 1 aliphatic rings. The maximum Gasteiger partial charge on any atom is 0.314 e. The van der Waals surface area contributed by atoms with Crippen LogP contribution in [0.2, 0.25) is 0 Å². The van der Waals surface area contributed by atoms with Crippen LogP contribution in [0.5, 0.6) is 0 Å². The van der Waals surface area contributed by atoms with Crippen molar-refractivity contribution in [1.82, 2.24) is 0 Å². The normalized spacial score (nSPS) is 17.6.